The van der Waals surface area contributed by atoms with E-state index in [1.807, 2.05) is 0 Å². The molecule has 0 spiro atoms. The molecule has 1 nitrogen and oxygen atoms in total. The first-order chi connectivity index (χ1) is 8.76. The molecule has 0 heterocycles. The van der Waals surface area contributed by atoms with Crippen molar-refractivity contribution in [2.24, 2.45) is 11.3 Å². The van der Waals surface area contributed by atoms with Crippen molar-refractivity contribution in [1.82, 2.24) is 0 Å². The lowest BCUT2D eigenvalue weighted by atomic mass is 9.76. The van der Waals surface area contributed by atoms with Gasteiger partial charge in [-0.15, -0.1) is 0 Å². The van der Waals surface area contributed by atoms with E-state index in [0.29, 0.717) is 5.41 Å². The van der Waals surface area contributed by atoms with Crippen LogP contribution in [0.15, 0.2) is 0 Å². The van der Waals surface area contributed by atoms with Gasteiger partial charge in [-0.25, -0.2) is 0 Å². The Kier molecular flexibility index (Phi) is 8.41. The molecule has 1 atom stereocenters. The Labute approximate surface area is 119 Å². The number of ether oxygens (including phenoxy) is 1. The Morgan fingerprint density at radius 3 is 2.44 bits per heavy atom. The zero-order valence-electron chi connectivity index (χ0n) is 12.4. The molecule has 0 bridgehead atoms. The molecule has 1 rings (SSSR count). The lowest BCUT2D eigenvalue weighted by Gasteiger charge is -2.36. The van der Waals surface area contributed by atoms with Gasteiger partial charge in [0.1, 0.15) is 0 Å². The summed E-state index contributed by atoms with van der Waals surface area (Å²) in [4.78, 5) is 0. The third-order valence-corrected chi connectivity index (χ3v) is 5.23. The number of thiol groups is 1. The summed E-state index contributed by atoms with van der Waals surface area (Å²) in [5.74, 6) is 1.77. The summed E-state index contributed by atoms with van der Waals surface area (Å²) in [5, 5.41) is 0. The minimum atomic E-state index is 0.393. The summed E-state index contributed by atoms with van der Waals surface area (Å²) in [6.45, 7) is 6.47. The molecule has 18 heavy (non-hydrogen) atoms. The van der Waals surface area contributed by atoms with E-state index in [1.54, 1.807) is 0 Å². The minimum absolute atomic E-state index is 0.393. The van der Waals surface area contributed by atoms with Crippen LogP contribution in [0.3, 0.4) is 0 Å². The van der Waals surface area contributed by atoms with Gasteiger partial charge in [0.25, 0.3) is 0 Å². The van der Waals surface area contributed by atoms with Crippen molar-refractivity contribution in [3.05, 3.63) is 0 Å². The van der Waals surface area contributed by atoms with Crippen LogP contribution >= 0.6 is 12.6 Å². The summed E-state index contributed by atoms with van der Waals surface area (Å²) in [6, 6.07) is 0. The Balaban J connectivity index is 2.24. The van der Waals surface area contributed by atoms with Crippen LogP contribution in [0, 0.1) is 11.3 Å². The average Bonchev–Trinajstić information content (AvgIpc) is 2.43. The first-order valence-corrected chi connectivity index (χ1v) is 8.58. The van der Waals surface area contributed by atoms with Gasteiger partial charge >= 0.3 is 0 Å². The molecule has 0 radical (unpaired) electrons. The molecule has 0 amide bonds. The topological polar surface area (TPSA) is 9.23 Å². The predicted octanol–water partition coefficient (Wildman–Crippen LogP) is 5.10. The van der Waals surface area contributed by atoms with Gasteiger partial charge in [-0.2, -0.15) is 12.6 Å². The first-order valence-electron chi connectivity index (χ1n) is 7.95. The number of hydrogen-bond donors (Lipinski definition) is 1. The zero-order chi connectivity index (χ0) is 13.3. The SMILES string of the molecule is CCCCC(CC)COCC1(CS)CCCCC1. The van der Waals surface area contributed by atoms with Gasteiger partial charge in [-0.05, 0) is 30.9 Å². The largest absolute Gasteiger partial charge is 0.381 e. The molecule has 0 aromatic carbocycles. The van der Waals surface area contributed by atoms with Gasteiger partial charge in [0.15, 0.2) is 0 Å². The number of rotatable bonds is 9. The molecule has 0 saturated heterocycles. The first kappa shape index (κ1) is 16.4. The maximum atomic E-state index is 6.07. The minimum Gasteiger partial charge on any atom is -0.381 e. The van der Waals surface area contributed by atoms with E-state index in [-0.39, 0.29) is 0 Å². The van der Waals surface area contributed by atoms with Crippen LogP contribution in [0.1, 0.15) is 71.6 Å². The molecule has 1 saturated carbocycles. The Morgan fingerprint density at radius 2 is 1.89 bits per heavy atom. The van der Waals surface area contributed by atoms with Crippen molar-refractivity contribution in [3.63, 3.8) is 0 Å². The normalized spacial score (nSPS) is 20.8. The summed E-state index contributed by atoms with van der Waals surface area (Å²) < 4.78 is 6.07. The highest BCUT2D eigenvalue weighted by atomic mass is 32.1. The molecule has 1 aliphatic carbocycles. The number of hydrogen-bond acceptors (Lipinski definition) is 2. The van der Waals surface area contributed by atoms with Gasteiger partial charge in [0, 0.05) is 12.0 Å². The predicted molar refractivity (Wildman–Crippen MR) is 83.5 cm³/mol. The summed E-state index contributed by atoms with van der Waals surface area (Å²) in [6.07, 6.45) is 12.0. The highest BCUT2D eigenvalue weighted by molar-refractivity contribution is 7.80. The number of unbranched alkanes of at least 4 members (excludes halogenated alkanes) is 1. The highest BCUT2D eigenvalue weighted by Crippen LogP contribution is 2.37. The second-order valence-corrected chi connectivity index (χ2v) is 6.47. The van der Waals surface area contributed by atoms with E-state index >= 15 is 0 Å². The van der Waals surface area contributed by atoms with Crippen molar-refractivity contribution >= 4 is 12.6 Å². The quantitative estimate of drug-likeness (QED) is 0.575. The molecule has 1 aliphatic rings. The van der Waals surface area contributed by atoms with Gasteiger partial charge in [0.2, 0.25) is 0 Å². The monoisotopic (exact) mass is 272 g/mol. The van der Waals surface area contributed by atoms with Crippen molar-refractivity contribution < 1.29 is 4.74 Å². The van der Waals surface area contributed by atoms with Crippen LogP contribution in [-0.2, 0) is 4.74 Å². The van der Waals surface area contributed by atoms with Gasteiger partial charge in [-0.3, -0.25) is 0 Å². The molecule has 108 valence electrons. The maximum absolute atomic E-state index is 6.07. The van der Waals surface area contributed by atoms with Crippen LogP contribution in [-0.4, -0.2) is 19.0 Å². The smallest absolute Gasteiger partial charge is 0.0530 e. The van der Waals surface area contributed by atoms with Gasteiger partial charge < -0.3 is 4.74 Å². The molecule has 1 unspecified atom stereocenters. The third-order valence-electron chi connectivity index (χ3n) is 4.55. The van der Waals surface area contributed by atoms with E-state index in [9.17, 15) is 0 Å². The lowest BCUT2D eigenvalue weighted by Crippen LogP contribution is -2.32. The molecule has 2 heteroatoms. The second kappa shape index (κ2) is 9.25. The highest BCUT2D eigenvalue weighted by Gasteiger charge is 2.31. The fourth-order valence-electron chi connectivity index (χ4n) is 2.99. The second-order valence-electron chi connectivity index (χ2n) is 6.15. The molecular weight excluding hydrogens is 240 g/mol. The summed E-state index contributed by atoms with van der Waals surface area (Å²) in [7, 11) is 0. The van der Waals surface area contributed by atoms with Crippen molar-refractivity contribution in [2.45, 2.75) is 71.6 Å². The molecule has 1 fully saturated rings. The standard InChI is InChI=1S/C16H32OS/c1-3-5-9-15(4-2)12-17-13-16(14-18)10-7-6-8-11-16/h15,18H,3-14H2,1-2H3. The van der Waals surface area contributed by atoms with Crippen LogP contribution < -0.4 is 0 Å². The van der Waals surface area contributed by atoms with Crippen LogP contribution in [0.4, 0.5) is 0 Å². The summed E-state index contributed by atoms with van der Waals surface area (Å²) in [5.41, 5.74) is 0.393. The van der Waals surface area contributed by atoms with Gasteiger partial charge in [0.05, 0.1) is 6.61 Å². The zero-order valence-corrected chi connectivity index (χ0v) is 13.3. The molecule has 0 aliphatic heterocycles. The molecule has 0 aromatic heterocycles. The third kappa shape index (κ3) is 5.52. The van der Waals surface area contributed by atoms with Crippen LogP contribution in [0.5, 0.6) is 0 Å². The van der Waals surface area contributed by atoms with E-state index in [2.05, 4.69) is 26.5 Å². The van der Waals surface area contributed by atoms with Crippen LogP contribution in [0.25, 0.3) is 0 Å². The molecule has 0 N–H and O–H groups in total. The fourth-order valence-corrected chi connectivity index (χ4v) is 3.40. The Morgan fingerprint density at radius 1 is 1.17 bits per heavy atom. The van der Waals surface area contributed by atoms with Crippen molar-refractivity contribution in [1.29, 1.82) is 0 Å². The van der Waals surface area contributed by atoms with E-state index in [4.69, 9.17) is 4.74 Å². The van der Waals surface area contributed by atoms with Gasteiger partial charge in [-0.1, -0.05) is 52.4 Å². The Bertz CT molecular complexity index is 199. The van der Waals surface area contributed by atoms with E-state index in [1.165, 1.54) is 57.8 Å². The maximum Gasteiger partial charge on any atom is 0.0530 e. The van der Waals surface area contributed by atoms with Crippen molar-refractivity contribution in [3.8, 4) is 0 Å². The fraction of sp³-hybridized carbons (Fsp3) is 1.00. The summed E-state index contributed by atoms with van der Waals surface area (Å²) >= 11 is 4.57. The lowest BCUT2D eigenvalue weighted by molar-refractivity contribution is 0.0149. The van der Waals surface area contributed by atoms with Crippen LogP contribution in [0.2, 0.25) is 0 Å². The molecule has 0 aromatic rings. The van der Waals surface area contributed by atoms with E-state index in [0.717, 1.165) is 24.9 Å². The van der Waals surface area contributed by atoms with Crippen molar-refractivity contribution in [2.75, 3.05) is 19.0 Å². The van der Waals surface area contributed by atoms with E-state index < -0.39 is 0 Å². The average molecular weight is 272 g/mol. The Hall–Kier alpha value is 0.310. The molecular formula is C16H32OS.